The van der Waals surface area contributed by atoms with Crippen molar-refractivity contribution in [3.8, 4) is 5.75 Å². The lowest BCUT2D eigenvalue weighted by Crippen LogP contribution is -2.42. The van der Waals surface area contributed by atoms with E-state index < -0.39 is 0 Å². The third-order valence-corrected chi connectivity index (χ3v) is 4.21. The van der Waals surface area contributed by atoms with Crippen LogP contribution >= 0.6 is 0 Å². The molecule has 2 aliphatic rings. The predicted octanol–water partition coefficient (Wildman–Crippen LogP) is 3.55. The Kier molecular flexibility index (Phi) is 3.37. The molecule has 1 fully saturated rings. The van der Waals surface area contributed by atoms with Gasteiger partial charge < -0.3 is 4.74 Å². The van der Waals surface area contributed by atoms with Gasteiger partial charge in [0.2, 0.25) is 0 Å². The van der Waals surface area contributed by atoms with Crippen LogP contribution in [-0.2, 0) is 0 Å². The molecule has 0 amide bonds. The van der Waals surface area contributed by atoms with Crippen LogP contribution in [0, 0.1) is 0 Å². The van der Waals surface area contributed by atoms with Crippen LogP contribution in [0.2, 0.25) is 0 Å². The first-order valence-corrected chi connectivity index (χ1v) is 6.95. The normalized spacial score (nSPS) is 27.8. The average molecular weight is 243 g/mol. The van der Waals surface area contributed by atoms with E-state index in [1.807, 2.05) is 0 Å². The van der Waals surface area contributed by atoms with E-state index in [1.165, 1.54) is 37.8 Å². The van der Waals surface area contributed by atoms with Crippen molar-refractivity contribution in [2.24, 2.45) is 0 Å². The zero-order valence-corrected chi connectivity index (χ0v) is 11.0. The van der Waals surface area contributed by atoms with Crippen LogP contribution in [-0.4, -0.2) is 24.6 Å². The van der Waals surface area contributed by atoms with Crippen molar-refractivity contribution >= 4 is 0 Å². The fraction of sp³-hybridized carbons (Fsp3) is 0.500. The quantitative estimate of drug-likeness (QED) is 0.736. The molecule has 0 bridgehead atoms. The molecular formula is C16H21NO. The Bertz CT molecular complexity index is 423. The highest BCUT2D eigenvalue weighted by Crippen LogP contribution is 2.35. The molecule has 2 heteroatoms. The van der Waals surface area contributed by atoms with E-state index in [-0.39, 0.29) is 0 Å². The Hall–Kier alpha value is -1.28. The zero-order valence-electron chi connectivity index (χ0n) is 11.0. The average Bonchev–Trinajstić information content (AvgIpc) is 2.47. The monoisotopic (exact) mass is 243 g/mol. The predicted molar refractivity (Wildman–Crippen MR) is 73.8 cm³/mol. The van der Waals surface area contributed by atoms with Crippen molar-refractivity contribution in [1.82, 2.24) is 4.90 Å². The lowest BCUT2D eigenvalue weighted by Gasteiger charge is -2.42. The third kappa shape index (κ3) is 2.17. The largest absolute Gasteiger partial charge is 0.497 e. The summed E-state index contributed by atoms with van der Waals surface area (Å²) in [5.74, 6) is 0.939. The molecule has 0 radical (unpaired) electrons. The lowest BCUT2D eigenvalue weighted by atomic mass is 9.90. The van der Waals surface area contributed by atoms with Crippen LogP contribution in [0.5, 0.6) is 5.75 Å². The van der Waals surface area contributed by atoms with Gasteiger partial charge in [-0.1, -0.05) is 30.7 Å². The molecule has 1 aromatic rings. The maximum atomic E-state index is 5.23. The van der Waals surface area contributed by atoms with E-state index in [0.29, 0.717) is 6.04 Å². The molecule has 3 rings (SSSR count). The van der Waals surface area contributed by atoms with Crippen LogP contribution in [0.15, 0.2) is 36.4 Å². The molecule has 1 aromatic carbocycles. The van der Waals surface area contributed by atoms with Gasteiger partial charge in [-0.2, -0.15) is 0 Å². The van der Waals surface area contributed by atoms with E-state index >= 15 is 0 Å². The minimum absolute atomic E-state index is 0.468. The minimum atomic E-state index is 0.468. The van der Waals surface area contributed by atoms with E-state index in [9.17, 15) is 0 Å². The summed E-state index contributed by atoms with van der Waals surface area (Å²) in [6.45, 7) is 1.24. The standard InChI is InChI=1S/C16H21NO/c1-18-15-10-8-13(9-11-15)16-7-4-6-14-5-2-3-12-17(14)16/h4,7-11,14,16H,2-3,5-6,12H2,1H3/t14-,16-/m1/s1. The molecule has 18 heavy (non-hydrogen) atoms. The lowest BCUT2D eigenvalue weighted by molar-refractivity contribution is 0.109. The number of nitrogens with zero attached hydrogens (tertiary/aromatic N) is 1. The Morgan fingerprint density at radius 2 is 2.00 bits per heavy atom. The number of hydrogen-bond acceptors (Lipinski definition) is 2. The van der Waals surface area contributed by atoms with E-state index in [0.717, 1.165) is 11.8 Å². The highest BCUT2D eigenvalue weighted by Gasteiger charge is 2.30. The van der Waals surface area contributed by atoms with Crippen LogP contribution in [0.3, 0.4) is 0 Å². The summed E-state index contributed by atoms with van der Waals surface area (Å²) in [5, 5.41) is 0. The molecule has 96 valence electrons. The van der Waals surface area contributed by atoms with Crippen molar-refractivity contribution in [2.45, 2.75) is 37.8 Å². The first kappa shape index (κ1) is 11.8. The third-order valence-electron chi connectivity index (χ3n) is 4.21. The Morgan fingerprint density at radius 1 is 1.17 bits per heavy atom. The van der Waals surface area contributed by atoms with Gasteiger partial charge in [-0.25, -0.2) is 0 Å². The van der Waals surface area contributed by atoms with Gasteiger partial charge in [0, 0.05) is 6.04 Å². The number of rotatable bonds is 2. The Labute approximate surface area is 109 Å². The van der Waals surface area contributed by atoms with E-state index in [1.54, 1.807) is 7.11 Å². The molecule has 1 saturated heterocycles. The topological polar surface area (TPSA) is 12.5 Å². The van der Waals surface area contributed by atoms with Gasteiger partial charge in [0.25, 0.3) is 0 Å². The molecular weight excluding hydrogens is 222 g/mol. The molecule has 0 N–H and O–H groups in total. The fourth-order valence-corrected chi connectivity index (χ4v) is 3.22. The summed E-state index contributed by atoms with van der Waals surface area (Å²) in [6, 6.07) is 9.76. The molecule has 2 heterocycles. The summed E-state index contributed by atoms with van der Waals surface area (Å²) in [4.78, 5) is 2.67. The van der Waals surface area contributed by atoms with Crippen LogP contribution < -0.4 is 4.74 Å². The number of piperidine rings is 1. The summed E-state index contributed by atoms with van der Waals surface area (Å²) in [6.07, 6.45) is 10.1. The van der Waals surface area contributed by atoms with Crippen molar-refractivity contribution in [1.29, 1.82) is 0 Å². The van der Waals surface area contributed by atoms with Crippen LogP contribution in [0.25, 0.3) is 0 Å². The molecule has 0 aliphatic carbocycles. The molecule has 0 spiro atoms. The highest BCUT2D eigenvalue weighted by molar-refractivity contribution is 5.32. The summed E-state index contributed by atoms with van der Waals surface area (Å²) < 4.78 is 5.23. The maximum Gasteiger partial charge on any atom is 0.118 e. The van der Waals surface area contributed by atoms with Crippen molar-refractivity contribution in [3.63, 3.8) is 0 Å². The second-order valence-corrected chi connectivity index (χ2v) is 5.27. The van der Waals surface area contributed by atoms with Crippen molar-refractivity contribution < 1.29 is 4.74 Å². The van der Waals surface area contributed by atoms with Crippen LogP contribution in [0.1, 0.15) is 37.3 Å². The van der Waals surface area contributed by atoms with E-state index in [4.69, 9.17) is 4.74 Å². The molecule has 0 saturated carbocycles. The summed E-state index contributed by atoms with van der Waals surface area (Å²) in [7, 11) is 1.72. The molecule has 2 aliphatic heterocycles. The number of hydrogen-bond donors (Lipinski definition) is 0. The van der Waals surface area contributed by atoms with Gasteiger partial charge in [-0.05, 0) is 43.5 Å². The Balaban J connectivity index is 1.84. The fourth-order valence-electron chi connectivity index (χ4n) is 3.22. The zero-order chi connectivity index (χ0) is 12.4. The van der Waals surface area contributed by atoms with Gasteiger partial charge in [0.1, 0.15) is 5.75 Å². The van der Waals surface area contributed by atoms with Gasteiger partial charge in [-0.15, -0.1) is 0 Å². The van der Waals surface area contributed by atoms with Crippen molar-refractivity contribution in [3.05, 3.63) is 42.0 Å². The highest BCUT2D eigenvalue weighted by atomic mass is 16.5. The van der Waals surface area contributed by atoms with Crippen molar-refractivity contribution in [2.75, 3.05) is 13.7 Å². The summed E-state index contributed by atoms with van der Waals surface area (Å²) >= 11 is 0. The first-order chi connectivity index (χ1) is 8.88. The second-order valence-electron chi connectivity index (χ2n) is 5.27. The maximum absolute atomic E-state index is 5.23. The van der Waals surface area contributed by atoms with Crippen LogP contribution in [0.4, 0.5) is 0 Å². The number of fused-ring (bicyclic) bond motifs is 1. The smallest absolute Gasteiger partial charge is 0.118 e. The van der Waals surface area contributed by atoms with Gasteiger partial charge in [0.05, 0.1) is 13.2 Å². The number of benzene rings is 1. The molecule has 2 nitrogen and oxygen atoms in total. The SMILES string of the molecule is COc1ccc([C@H]2C=CC[C@H]3CCCCN32)cc1. The van der Waals surface area contributed by atoms with Gasteiger partial charge in [0.15, 0.2) is 0 Å². The van der Waals surface area contributed by atoms with Gasteiger partial charge in [-0.3, -0.25) is 4.90 Å². The second kappa shape index (κ2) is 5.15. The molecule has 0 aromatic heterocycles. The van der Waals surface area contributed by atoms with E-state index in [2.05, 4.69) is 41.3 Å². The summed E-state index contributed by atoms with van der Waals surface area (Å²) in [5.41, 5.74) is 1.39. The molecule has 2 atom stereocenters. The number of ether oxygens (including phenoxy) is 1. The minimum Gasteiger partial charge on any atom is -0.497 e. The molecule has 0 unspecified atom stereocenters. The first-order valence-electron chi connectivity index (χ1n) is 6.95. The van der Waals surface area contributed by atoms with Gasteiger partial charge >= 0.3 is 0 Å². The Morgan fingerprint density at radius 3 is 2.78 bits per heavy atom. The number of methoxy groups -OCH3 is 1.